The van der Waals surface area contributed by atoms with Crippen LogP contribution in [-0.4, -0.2) is 46.7 Å². The third-order valence-corrected chi connectivity index (χ3v) is 5.58. The predicted octanol–water partition coefficient (Wildman–Crippen LogP) is 3.11. The number of nitrogens with zero attached hydrogens (tertiary/aromatic N) is 3. The fourth-order valence-corrected chi connectivity index (χ4v) is 4.13. The van der Waals surface area contributed by atoms with Crippen molar-refractivity contribution < 1.29 is 9.32 Å². The highest BCUT2D eigenvalue weighted by molar-refractivity contribution is 5.74. The maximum atomic E-state index is 12.3. The molecule has 2 unspecified atom stereocenters. The largest absolute Gasteiger partial charge is 0.337 e. The minimum Gasteiger partial charge on any atom is -0.337 e. The quantitative estimate of drug-likeness (QED) is 0.865. The SMILES string of the molecule is CN1CC(NC(=O)NC2CCCCC2)CC1c1nc(-c2ccccc2)no1. The number of urea groups is 1. The zero-order valence-electron chi connectivity index (χ0n) is 15.7. The van der Waals surface area contributed by atoms with Crippen molar-refractivity contribution in [3.8, 4) is 11.4 Å². The molecular weight excluding hydrogens is 342 g/mol. The fraction of sp³-hybridized carbons (Fsp3) is 0.550. The van der Waals surface area contributed by atoms with Gasteiger partial charge in [0.1, 0.15) is 0 Å². The van der Waals surface area contributed by atoms with Crippen LogP contribution in [0.5, 0.6) is 0 Å². The van der Waals surface area contributed by atoms with Gasteiger partial charge in [-0.05, 0) is 26.3 Å². The number of carbonyl (C=O) groups excluding carboxylic acids is 1. The number of nitrogens with one attached hydrogen (secondary N) is 2. The van der Waals surface area contributed by atoms with Crippen LogP contribution in [0.1, 0.15) is 50.5 Å². The Morgan fingerprint density at radius 3 is 2.63 bits per heavy atom. The highest BCUT2D eigenvalue weighted by Gasteiger charge is 2.35. The molecule has 27 heavy (non-hydrogen) atoms. The second kappa shape index (κ2) is 8.08. The Bertz CT molecular complexity index is 757. The Kier molecular flexibility index (Phi) is 5.38. The summed E-state index contributed by atoms with van der Waals surface area (Å²) in [4.78, 5) is 19.0. The summed E-state index contributed by atoms with van der Waals surface area (Å²) in [6.07, 6.45) is 6.64. The van der Waals surface area contributed by atoms with Crippen molar-refractivity contribution in [1.82, 2.24) is 25.7 Å². The summed E-state index contributed by atoms with van der Waals surface area (Å²) >= 11 is 0. The number of likely N-dealkylation sites (N-methyl/N-ethyl adjacent to an activating group) is 1. The number of likely N-dealkylation sites (tertiary alicyclic amines) is 1. The van der Waals surface area contributed by atoms with Crippen LogP contribution >= 0.6 is 0 Å². The van der Waals surface area contributed by atoms with E-state index < -0.39 is 0 Å². The molecule has 2 N–H and O–H groups in total. The number of aromatic nitrogens is 2. The lowest BCUT2D eigenvalue weighted by Gasteiger charge is -2.24. The fourth-order valence-electron chi connectivity index (χ4n) is 4.13. The van der Waals surface area contributed by atoms with E-state index in [-0.39, 0.29) is 18.1 Å². The molecule has 2 aromatic rings. The van der Waals surface area contributed by atoms with Gasteiger partial charge in [0.2, 0.25) is 11.7 Å². The van der Waals surface area contributed by atoms with E-state index in [1.165, 1.54) is 19.3 Å². The highest BCUT2D eigenvalue weighted by Crippen LogP contribution is 2.31. The Morgan fingerprint density at radius 1 is 1.11 bits per heavy atom. The van der Waals surface area contributed by atoms with E-state index in [4.69, 9.17) is 4.52 Å². The summed E-state index contributed by atoms with van der Waals surface area (Å²) in [6.45, 7) is 0.770. The van der Waals surface area contributed by atoms with E-state index in [1.807, 2.05) is 37.4 Å². The average molecular weight is 369 g/mol. The molecule has 2 atom stereocenters. The molecule has 0 spiro atoms. The van der Waals surface area contributed by atoms with Crippen LogP contribution in [0.3, 0.4) is 0 Å². The van der Waals surface area contributed by atoms with Crippen molar-refractivity contribution in [2.24, 2.45) is 0 Å². The van der Waals surface area contributed by atoms with E-state index in [0.29, 0.717) is 17.8 Å². The van der Waals surface area contributed by atoms with Gasteiger partial charge >= 0.3 is 6.03 Å². The molecule has 2 amide bonds. The van der Waals surface area contributed by atoms with Gasteiger partial charge in [-0.15, -0.1) is 0 Å². The number of amides is 2. The molecule has 1 saturated carbocycles. The van der Waals surface area contributed by atoms with Crippen LogP contribution in [0.2, 0.25) is 0 Å². The summed E-state index contributed by atoms with van der Waals surface area (Å²) in [5, 5.41) is 10.4. The van der Waals surface area contributed by atoms with Crippen molar-refractivity contribution in [3.05, 3.63) is 36.2 Å². The first-order chi connectivity index (χ1) is 13.2. The molecule has 7 heteroatoms. The van der Waals surface area contributed by atoms with Gasteiger partial charge in [-0.25, -0.2) is 4.79 Å². The summed E-state index contributed by atoms with van der Waals surface area (Å²) in [7, 11) is 2.03. The van der Waals surface area contributed by atoms with Gasteiger partial charge in [0.05, 0.1) is 6.04 Å². The topological polar surface area (TPSA) is 83.3 Å². The monoisotopic (exact) mass is 369 g/mol. The number of benzene rings is 1. The molecule has 0 bridgehead atoms. The molecule has 1 aliphatic carbocycles. The lowest BCUT2D eigenvalue weighted by Crippen LogP contribution is -2.47. The molecule has 0 radical (unpaired) electrons. The summed E-state index contributed by atoms with van der Waals surface area (Å²) in [5.74, 6) is 1.21. The number of hydrogen-bond donors (Lipinski definition) is 2. The molecule has 2 fully saturated rings. The zero-order chi connectivity index (χ0) is 18.6. The standard InChI is InChI=1S/C20H27N5O2/c1-25-13-16(22-20(26)21-15-10-6-3-7-11-15)12-17(25)19-23-18(24-27-19)14-8-4-2-5-9-14/h2,4-5,8-9,15-17H,3,6-7,10-13H2,1H3,(H2,21,22,26). The second-order valence-corrected chi connectivity index (χ2v) is 7.66. The van der Waals surface area contributed by atoms with Gasteiger partial charge in [-0.1, -0.05) is 54.8 Å². The van der Waals surface area contributed by atoms with Gasteiger partial charge in [-0.3, -0.25) is 4.90 Å². The number of rotatable bonds is 4. The minimum absolute atomic E-state index is 0.0231. The molecule has 2 heterocycles. The van der Waals surface area contributed by atoms with Crippen LogP contribution in [0.15, 0.2) is 34.9 Å². The molecule has 2 aliphatic rings. The van der Waals surface area contributed by atoms with E-state index in [1.54, 1.807) is 0 Å². The van der Waals surface area contributed by atoms with Crippen LogP contribution in [0, 0.1) is 0 Å². The van der Waals surface area contributed by atoms with E-state index in [2.05, 4.69) is 25.7 Å². The van der Waals surface area contributed by atoms with Crippen LogP contribution in [-0.2, 0) is 0 Å². The summed E-state index contributed by atoms with van der Waals surface area (Å²) < 4.78 is 5.52. The lowest BCUT2D eigenvalue weighted by atomic mass is 9.96. The molecular formula is C20H27N5O2. The van der Waals surface area contributed by atoms with Crippen LogP contribution in [0.4, 0.5) is 4.79 Å². The molecule has 1 aliphatic heterocycles. The first-order valence-electron chi connectivity index (χ1n) is 9.85. The van der Waals surface area contributed by atoms with Gasteiger partial charge in [0.15, 0.2) is 0 Å². The maximum absolute atomic E-state index is 12.3. The van der Waals surface area contributed by atoms with Gasteiger partial charge in [-0.2, -0.15) is 4.98 Å². The molecule has 1 aromatic heterocycles. The van der Waals surface area contributed by atoms with Crippen molar-refractivity contribution in [1.29, 1.82) is 0 Å². The average Bonchev–Trinajstić information content (AvgIpc) is 3.30. The van der Waals surface area contributed by atoms with Crippen molar-refractivity contribution in [2.45, 2.75) is 56.7 Å². The molecule has 4 rings (SSSR count). The summed E-state index contributed by atoms with van der Waals surface area (Å²) in [5.41, 5.74) is 0.940. The van der Waals surface area contributed by atoms with Gasteiger partial charge in [0.25, 0.3) is 0 Å². The minimum atomic E-state index is -0.0588. The molecule has 1 saturated heterocycles. The van der Waals surface area contributed by atoms with Crippen molar-refractivity contribution in [3.63, 3.8) is 0 Å². The molecule has 144 valence electrons. The molecule has 1 aromatic carbocycles. The smallest absolute Gasteiger partial charge is 0.315 e. The van der Waals surface area contributed by atoms with Crippen LogP contribution < -0.4 is 10.6 Å². The van der Waals surface area contributed by atoms with Gasteiger partial charge in [0, 0.05) is 24.2 Å². The Morgan fingerprint density at radius 2 is 1.85 bits per heavy atom. The van der Waals surface area contributed by atoms with Gasteiger partial charge < -0.3 is 15.2 Å². The van der Waals surface area contributed by atoms with E-state index >= 15 is 0 Å². The highest BCUT2D eigenvalue weighted by atomic mass is 16.5. The normalized spacial score (nSPS) is 24.0. The van der Waals surface area contributed by atoms with Crippen molar-refractivity contribution in [2.75, 3.05) is 13.6 Å². The Hall–Kier alpha value is -2.41. The maximum Gasteiger partial charge on any atom is 0.315 e. The predicted molar refractivity (Wildman–Crippen MR) is 102 cm³/mol. The second-order valence-electron chi connectivity index (χ2n) is 7.66. The number of hydrogen-bond acceptors (Lipinski definition) is 5. The molecule has 7 nitrogen and oxygen atoms in total. The summed E-state index contributed by atoms with van der Waals surface area (Å²) in [6, 6.07) is 10.2. The van der Waals surface area contributed by atoms with E-state index in [0.717, 1.165) is 31.4 Å². The first kappa shape index (κ1) is 18.0. The first-order valence-corrected chi connectivity index (χ1v) is 9.85. The Balaban J connectivity index is 1.34. The van der Waals surface area contributed by atoms with Crippen LogP contribution in [0.25, 0.3) is 11.4 Å². The lowest BCUT2D eigenvalue weighted by molar-refractivity contribution is 0.228. The van der Waals surface area contributed by atoms with E-state index in [9.17, 15) is 4.79 Å². The third-order valence-electron chi connectivity index (χ3n) is 5.58. The third kappa shape index (κ3) is 4.30. The zero-order valence-corrected chi connectivity index (χ0v) is 15.7. The number of carbonyl (C=O) groups is 1. The Labute approximate surface area is 159 Å². The van der Waals surface area contributed by atoms with Crippen molar-refractivity contribution >= 4 is 6.03 Å².